The van der Waals surface area contributed by atoms with Crippen LogP contribution in [0.25, 0.3) is 0 Å². The second kappa shape index (κ2) is 8.30. The Hall–Kier alpha value is -1.91. The van der Waals surface area contributed by atoms with Crippen molar-refractivity contribution < 1.29 is 19.8 Å². The molecule has 0 radical (unpaired) electrons. The third-order valence-corrected chi connectivity index (χ3v) is 3.20. The molecule has 1 heterocycles. The Morgan fingerprint density at radius 3 is 2.30 bits per heavy atom. The fraction of sp³-hybridized carbons (Fsp3) is 0.533. The lowest BCUT2D eigenvalue weighted by atomic mass is 10.0. The van der Waals surface area contributed by atoms with E-state index in [0.717, 1.165) is 24.8 Å². The van der Waals surface area contributed by atoms with Gasteiger partial charge in [-0.25, -0.2) is 14.6 Å². The van der Waals surface area contributed by atoms with Gasteiger partial charge in [-0.1, -0.05) is 39.0 Å². The minimum atomic E-state index is -1.31. The van der Waals surface area contributed by atoms with E-state index in [9.17, 15) is 9.59 Å². The van der Waals surface area contributed by atoms with Gasteiger partial charge >= 0.3 is 11.9 Å². The van der Waals surface area contributed by atoms with Crippen molar-refractivity contribution >= 4 is 11.9 Å². The van der Waals surface area contributed by atoms with E-state index in [4.69, 9.17) is 10.2 Å². The van der Waals surface area contributed by atoms with Gasteiger partial charge in [-0.15, -0.1) is 0 Å². The lowest BCUT2D eigenvalue weighted by molar-refractivity contribution is 0.0646. The molecule has 0 fully saturated rings. The maximum atomic E-state index is 11.0. The molecule has 20 heavy (non-hydrogen) atoms. The van der Waals surface area contributed by atoms with E-state index in [1.54, 1.807) is 0 Å². The van der Waals surface area contributed by atoms with Gasteiger partial charge in [-0.05, 0) is 24.5 Å². The predicted octanol–water partition coefficient (Wildman–Crippen LogP) is 3.38. The van der Waals surface area contributed by atoms with Crippen LogP contribution in [0.2, 0.25) is 0 Å². The van der Waals surface area contributed by atoms with Crippen LogP contribution in [-0.2, 0) is 6.42 Å². The van der Waals surface area contributed by atoms with Crippen molar-refractivity contribution in [3.8, 4) is 0 Å². The van der Waals surface area contributed by atoms with E-state index >= 15 is 0 Å². The standard InChI is InChI=1S/C15H21NO4/c1-2-3-4-5-6-7-8-11-9-12(14(17)18)13(15(19)20)16-10-11/h9-10H,2-8H2,1H3,(H,17,18)(H,19,20). The summed E-state index contributed by atoms with van der Waals surface area (Å²) in [5.74, 6) is -2.56. The summed E-state index contributed by atoms with van der Waals surface area (Å²) in [7, 11) is 0. The highest BCUT2D eigenvalue weighted by molar-refractivity contribution is 6.00. The van der Waals surface area contributed by atoms with Crippen LogP contribution < -0.4 is 0 Å². The minimum Gasteiger partial charge on any atom is -0.478 e. The summed E-state index contributed by atoms with van der Waals surface area (Å²) in [4.78, 5) is 25.6. The quantitative estimate of drug-likeness (QED) is 0.676. The first-order chi connectivity index (χ1) is 9.56. The van der Waals surface area contributed by atoms with Crippen LogP contribution in [0.4, 0.5) is 0 Å². The summed E-state index contributed by atoms with van der Waals surface area (Å²) in [5.41, 5.74) is 0.146. The molecule has 0 aliphatic heterocycles. The van der Waals surface area contributed by atoms with Gasteiger partial charge in [-0.3, -0.25) is 0 Å². The van der Waals surface area contributed by atoms with Gasteiger partial charge in [0, 0.05) is 6.20 Å². The molecule has 2 N–H and O–H groups in total. The Balaban J connectivity index is 2.57. The van der Waals surface area contributed by atoms with E-state index in [1.807, 2.05) is 0 Å². The van der Waals surface area contributed by atoms with Crippen molar-refractivity contribution in [3.63, 3.8) is 0 Å². The summed E-state index contributed by atoms with van der Waals surface area (Å²) >= 11 is 0. The smallest absolute Gasteiger partial charge is 0.355 e. The van der Waals surface area contributed by atoms with Gasteiger partial charge in [0.15, 0.2) is 5.69 Å². The predicted molar refractivity (Wildman–Crippen MR) is 75.2 cm³/mol. The number of hydrogen-bond donors (Lipinski definition) is 2. The monoisotopic (exact) mass is 279 g/mol. The zero-order valence-corrected chi connectivity index (χ0v) is 11.8. The van der Waals surface area contributed by atoms with E-state index in [-0.39, 0.29) is 5.56 Å². The van der Waals surface area contributed by atoms with Crippen molar-refractivity contribution in [1.29, 1.82) is 0 Å². The number of unbranched alkanes of at least 4 members (excludes halogenated alkanes) is 5. The molecule has 0 aliphatic carbocycles. The molecule has 0 saturated carbocycles. The normalized spacial score (nSPS) is 10.4. The number of aromatic carboxylic acids is 2. The third-order valence-electron chi connectivity index (χ3n) is 3.20. The summed E-state index contributed by atoms with van der Waals surface area (Å²) in [5, 5.41) is 17.9. The Bertz CT molecular complexity index is 471. The lowest BCUT2D eigenvalue weighted by Gasteiger charge is -2.05. The highest BCUT2D eigenvalue weighted by atomic mass is 16.4. The van der Waals surface area contributed by atoms with Gasteiger partial charge < -0.3 is 10.2 Å². The molecule has 0 saturated heterocycles. The molecule has 0 aliphatic rings. The fourth-order valence-electron chi connectivity index (χ4n) is 2.09. The zero-order chi connectivity index (χ0) is 15.0. The molecule has 1 aromatic rings. The SMILES string of the molecule is CCCCCCCCc1cnc(C(=O)O)c(C(=O)O)c1. The van der Waals surface area contributed by atoms with Gasteiger partial charge in [0.05, 0.1) is 5.56 Å². The van der Waals surface area contributed by atoms with E-state index in [0.29, 0.717) is 0 Å². The molecule has 1 aromatic heterocycles. The molecular formula is C15H21NO4. The van der Waals surface area contributed by atoms with Crippen molar-refractivity contribution in [1.82, 2.24) is 4.98 Å². The molecule has 0 aromatic carbocycles. The largest absolute Gasteiger partial charge is 0.478 e. The summed E-state index contributed by atoms with van der Waals surface area (Å²) in [6.07, 6.45) is 9.13. The minimum absolute atomic E-state index is 0.235. The van der Waals surface area contributed by atoms with Gasteiger partial charge in [0.1, 0.15) is 0 Å². The van der Waals surface area contributed by atoms with E-state index < -0.39 is 17.6 Å². The highest BCUT2D eigenvalue weighted by Crippen LogP contribution is 2.13. The van der Waals surface area contributed by atoms with Crippen molar-refractivity contribution in [2.24, 2.45) is 0 Å². The number of hydrogen-bond acceptors (Lipinski definition) is 3. The number of aryl methyl sites for hydroxylation is 1. The maximum absolute atomic E-state index is 11.0. The number of carboxylic acids is 2. The molecule has 5 nitrogen and oxygen atoms in total. The zero-order valence-electron chi connectivity index (χ0n) is 11.8. The third kappa shape index (κ3) is 4.99. The molecule has 5 heteroatoms. The van der Waals surface area contributed by atoms with Crippen molar-refractivity contribution in [2.45, 2.75) is 51.9 Å². The molecule has 110 valence electrons. The first-order valence-corrected chi connectivity index (χ1v) is 7.01. The molecule has 0 bridgehead atoms. The Morgan fingerprint density at radius 1 is 1.05 bits per heavy atom. The summed E-state index contributed by atoms with van der Waals surface area (Å²) < 4.78 is 0. The van der Waals surface area contributed by atoms with Crippen LogP contribution in [0.5, 0.6) is 0 Å². The number of nitrogens with zero attached hydrogens (tertiary/aromatic N) is 1. The maximum Gasteiger partial charge on any atom is 0.355 e. The van der Waals surface area contributed by atoms with Crippen molar-refractivity contribution in [3.05, 3.63) is 29.1 Å². The molecule has 0 atom stereocenters. The van der Waals surface area contributed by atoms with Crippen molar-refractivity contribution in [2.75, 3.05) is 0 Å². The second-order valence-corrected chi connectivity index (χ2v) is 4.87. The first kappa shape index (κ1) is 16.1. The fourth-order valence-corrected chi connectivity index (χ4v) is 2.09. The van der Waals surface area contributed by atoms with E-state index in [1.165, 1.54) is 37.9 Å². The number of carboxylic acid groups (broad SMARTS) is 2. The van der Waals surface area contributed by atoms with Gasteiger partial charge in [0.2, 0.25) is 0 Å². The average Bonchev–Trinajstić information content (AvgIpc) is 2.42. The van der Waals surface area contributed by atoms with Crippen LogP contribution in [0.3, 0.4) is 0 Å². The molecule has 0 unspecified atom stereocenters. The Labute approximate surface area is 118 Å². The van der Waals surface area contributed by atoms with Crippen LogP contribution in [0.1, 0.15) is 71.9 Å². The lowest BCUT2D eigenvalue weighted by Crippen LogP contribution is -2.11. The van der Waals surface area contributed by atoms with Crippen LogP contribution in [-0.4, -0.2) is 27.1 Å². The molecule has 0 amide bonds. The summed E-state index contributed by atoms with van der Waals surface area (Å²) in [6.45, 7) is 2.17. The summed E-state index contributed by atoms with van der Waals surface area (Å²) in [6, 6.07) is 1.42. The van der Waals surface area contributed by atoms with Gasteiger partial charge in [-0.2, -0.15) is 0 Å². The average molecular weight is 279 g/mol. The highest BCUT2D eigenvalue weighted by Gasteiger charge is 2.17. The topological polar surface area (TPSA) is 87.5 Å². The molecule has 1 rings (SSSR count). The second-order valence-electron chi connectivity index (χ2n) is 4.87. The number of rotatable bonds is 9. The van der Waals surface area contributed by atoms with Crippen LogP contribution in [0, 0.1) is 0 Å². The van der Waals surface area contributed by atoms with Crippen LogP contribution in [0.15, 0.2) is 12.3 Å². The van der Waals surface area contributed by atoms with E-state index in [2.05, 4.69) is 11.9 Å². The molecular weight excluding hydrogens is 258 g/mol. The number of pyridine rings is 1. The van der Waals surface area contributed by atoms with Gasteiger partial charge in [0.25, 0.3) is 0 Å². The first-order valence-electron chi connectivity index (χ1n) is 7.01. The number of carbonyl (C=O) groups is 2. The Morgan fingerprint density at radius 2 is 1.70 bits per heavy atom. The Kier molecular flexibility index (Phi) is 6.70. The van der Waals surface area contributed by atoms with Crippen LogP contribution >= 0.6 is 0 Å². The molecule has 0 spiro atoms. The number of aromatic nitrogens is 1.